The van der Waals surface area contributed by atoms with Crippen molar-refractivity contribution in [3.05, 3.63) is 18.0 Å². The highest BCUT2D eigenvalue weighted by Crippen LogP contribution is 2.46. The molecule has 0 spiro atoms. The summed E-state index contributed by atoms with van der Waals surface area (Å²) in [5, 5.41) is 15.1. The van der Waals surface area contributed by atoms with Crippen LogP contribution in [0.1, 0.15) is 71.2 Å². The lowest BCUT2D eigenvalue weighted by Gasteiger charge is -2.41. The number of rotatable bonds is 3. The zero-order chi connectivity index (χ0) is 13.3. The number of aromatic nitrogens is 2. The van der Waals surface area contributed by atoms with Crippen molar-refractivity contribution in [1.29, 1.82) is 0 Å². The lowest BCUT2D eigenvalue weighted by molar-refractivity contribution is -0.00161. The molecule has 2 atom stereocenters. The molecule has 3 heteroatoms. The molecule has 1 fully saturated rings. The van der Waals surface area contributed by atoms with Crippen molar-refractivity contribution in [1.82, 2.24) is 9.78 Å². The van der Waals surface area contributed by atoms with Crippen LogP contribution in [0.15, 0.2) is 12.3 Å². The van der Waals surface area contributed by atoms with Crippen LogP contribution in [0.4, 0.5) is 0 Å². The minimum absolute atomic E-state index is 0.226. The summed E-state index contributed by atoms with van der Waals surface area (Å²) >= 11 is 0. The van der Waals surface area contributed by atoms with E-state index in [0.717, 1.165) is 12.1 Å². The highest BCUT2D eigenvalue weighted by Gasteiger charge is 2.38. The predicted octanol–water partition coefficient (Wildman–Crippen LogP) is 3.71. The molecule has 3 nitrogen and oxygen atoms in total. The molecule has 0 amide bonds. The van der Waals surface area contributed by atoms with Crippen LogP contribution >= 0.6 is 0 Å². The van der Waals surface area contributed by atoms with Crippen LogP contribution in [0.5, 0.6) is 0 Å². The van der Waals surface area contributed by atoms with Crippen molar-refractivity contribution >= 4 is 0 Å². The monoisotopic (exact) mass is 250 g/mol. The third kappa shape index (κ3) is 2.46. The van der Waals surface area contributed by atoms with Crippen LogP contribution in [0.25, 0.3) is 0 Å². The average molecular weight is 250 g/mol. The first-order chi connectivity index (χ1) is 8.43. The first kappa shape index (κ1) is 13.6. The third-order valence-electron chi connectivity index (χ3n) is 4.46. The van der Waals surface area contributed by atoms with Gasteiger partial charge in [0, 0.05) is 12.2 Å². The summed E-state index contributed by atoms with van der Waals surface area (Å²) in [4.78, 5) is 0. The van der Waals surface area contributed by atoms with Gasteiger partial charge in [0.15, 0.2) is 0 Å². The molecular formula is C15H26N2O. The van der Waals surface area contributed by atoms with Gasteiger partial charge in [-0.1, -0.05) is 26.7 Å². The Hall–Kier alpha value is -0.830. The van der Waals surface area contributed by atoms with E-state index in [1.54, 1.807) is 6.20 Å². The molecule has 0 saturated heterocycles. The standard InChI is InChI=1S/C15H26N2O/c1-11(2)17-13(8-10-16-17)14(18)12-7-5-6-9-15(12,3)4/h8,10-12,14,18H,5-7,9H2,1-4H3. The van der Waals surface area contributed by atoms with E-state index in [9.17, 15) is 5.11 Å². The largest absolute Gasteiger partial charge is 0.387 e. The van der Waals surface area contributed by atoms with Crippen molar-refractivity contribution in [3.63, 3.8) is 0 Å². The van der Waals surface area contributed by atoms with E-state index >= 15 is 0 Å². The Morgan fingerprint density at radius 1 is 1.39 bits per heavy atom. The van der Waals surface area contributed by atoms with E-state index in [-0.39, 0.29) is 11.5 Å². The van der Waals surface area contributed by atoms with Gasteiger partial charge in [0.1, 0.15) is 0 Å². The fraction of sp³-hybridized carbons (Fsp3) is 0.800. The number of hydrogen-bond acceptors (Lipinski definition) is 2. The predicted molar refractivity (Wildman–Crippen MR) is 73.3 cm³/mol. The Morgan fingerprint density at radius 2 is 2.11 bits per heavy atom. The molecule has 1 aliphatic carbocycles. The fourth-order valence-electron chi connectivity index (χ4n) is 3.30. The van der Waals surface area contributed by atoms with E-state index in [1.807, 2.05) is 10.7 Å². The Morgan fingerprint density at radius 3 is 2.72 bits per heavy atom. The number of nitrogens with zero attached hydrogens (tertiary/aromatic N) is 2. The van der Waals surface area contributed by atoms with Gasteiger partial charge < -0.3 is 5.11 Å². The lowest BCUT2D eigenvalue weighted by Crippen LogP contribution is -2.33. The first-order valence-corrected chi connectivity index (χ1v) is 7.15. The minimum atomic E-state index is -0.384. The Kier molecular flexibility index (Phi) is 3.81. The van der Waals surface area contributed by atoms with Crippen LogP contribution in [0.2, 0.25) is 0 Å². The molecule has 1 aromatic rings. The molecule has 0 radical (unpaired) electrons. The molecule has 1 saturated carbocycles. The molecule has 0 bridgehead atoms. The molecule has 2 unspecified atom stereocenters. The van der Waals surface area contributed by atoms with Crippen LogP contribution < -0.4 is 0 Å². The molecule has 102 valence electrons. The zero-order valence-corrected chi connectivity index (χ0v) is 12.1. The highest BCUT2D eigenvalue weighted by molar-refractivity contribution is 5.09. The molecular weight excluding hydrogens is 224 g/mol. The molecule has 0 aliphatic heterocycles. The van der Waals surface area contributed by atoms with Gasteiger partial charge in [0.25, 0.3) is 0 Å². The summed E-state index contributed by atoms with van der Waals surface area (Å²) in [5.41, 5.74) is 1.20. The summed E-state index contributed by atoms with van der Waals surface area (Å²) in [6.07, 6.45) is 6.28. The molecule has 1 aliphatic rings. The van der Waals surface area contributed by atoms with Gasteiger partial charge in [0.05, 0.1) is 11.8 Å². The summed E-state index contributed by atoms with van der Waals surface area (Å²) in [6.45, 7) is 8.79. The number of aliphatic hydroxyl groups is 1. The van der Waals surface area contributed by atoms with Gasteiger partial charge in [-0.2, -0.15) is 5.10 Å². The Balaban J connectivity index is 2.24. The number of aliphatic hydroxyl groups excluding tert-OH is 1. The van der Waals surface area contributed by atoms with Crippen LogP contribution in [-0.2, 0) is 0 Å². The summed E-state index contributed by atoms with van der Waals surface area (Å²) in [7, 11) is 0. The maximum atomic E-state index is 10.7. The highest BCUT2D eigenvalue weighted by atomic mass is 16.3. The van der Waals surface area contributed by atoms with Crippen molar-refractivity contribution in [2.75, 3.05) is 0 Å². The first-order valence-electron chi connectivity index (χ1n) is 7.15. The average Bonchev–Trinajstić information content (AvgIpc) is 2.76. The fourth-order valence-corrected chi connectivity index (χ4v) is 3.30. The second-order valence-corrected chi connectivity index (χ2v) is 6.58. The van der Waals surface area contributed by atoms with Gasteiger partial charge in [-0.3, -0.25) is 4.68 Å². The molecule has 1 heterocycles. The summed E-state index contributed by atoms with van der Waals surface area (Å²) < 4.78 is 1.95. The molecule has 1 N–H and O–H groups in total. The maximum absolute atomic E-state index is 10.7. The van der Waals surface area contributed by atoms with Gasteiger partial charge >= 0.3 is 0 Å². The van der Waals surface area contributed by atoms with Crippen molar-refractivity contribution in [2.45, 2.75) is 65.5 Å². The van der Waals surface area contributed by atoms with Crippen molar-refractivity contribution < 1.29 is 5.11 Å². The lowest BCUT2D eigenvalue weighted by atomic mass is 9.66. The Labute approximate surface area is 110 Å². The van der Waals surface area contributed by atoms with Crippen LogP contribution in [-0.4, -0.2) is 14.9 Å². The van der Waals surface area contributed by atoms with Crippen molar-refractivity contribution in [2.24, 2.45) is 11.3 Å². The molecule has 18 heavy (non-hydrogen) atoms. The van der Waals surface area contributed by atoms with E-state index in [1.165, 1.54) is 19.3 Å². The smallest absolute Gasteiger partial charge is 0.0989 e. The molecule has 2 rings (SSSR count). The van der Waals surface area contributed by atoms with Crippen molar-refractivity contribution in [3.8, 4) is 0 Å². The van der Waals surface area contributed by atoms with Gasteiger partial charge in [-0.05, 0) is 44.1 Å². The third-order valence-corrected chi connectivity index (χ3v) is 4.46. The summed E-state index contributed by atoms with van der Waals surface area (Å²) in [5.74, 6) is 0.348. The zero-order valence-electron chi connectivity index (χ0n) is 12.1. The second-order valence-electron chi connectivity index (χ2n) is 6.58. The van der Waals surface area contributed by atoms with E-state index in [4.69, 9.17) is 0 Å². The SMILES string of the molecule is CC(C)n1nccc1C(O)C1CCCCC1(C)C. The van der Waals surface area contributed by atoms with E-state index < -0.39 is 0 Å². The molecule has 0 aromatic carbocycles. The van der Waals surface area contributed by atoms with Gasteiger partial charge in [-0.25, -0.2) is 0 Å². The van der Waals surface area contributed by atoms with Gasteiger partial charge in [0.2, 0.25) is 0 Å². The van der Waals surface area contributed by atoms with E-state index in [2.05, 4.69) is 32.8 Å². The van der Waals surface area contributed by atoms with Crippen LogP contribution in [0.3, 0.4) is 0 Å². The van der Waals surface area contributed by atoms with Gasteiger partial charge in [-0.15, -0.1) is 0 Å². The number of hydrogen-bond donors (Lipinski definition) is 1. The minimum Gasteiger partial charge on any atom is -0.387 e. The summed E-state index contributed by atoms with van der Waals surface area (Å²) in [6, 6.07) is 2.27. The maximum Gasteiger partial charge on any atom is 0.0989 e. The van der Waals surface area contributed by atoms with E-state index in [0.29, 0.717) is 12.0 Å². The normalized spacial score (nSPS) is 25.3. The topological polar surface area (TPSA) is 38.0 Å². The van der Waals surface area contributed by atoms with Crippen LogP contribution in [0, 0.1) is 11.3 Å². The quantitative estimate of drug-likeness (QED) is 0.888. The molecule has 1 aromatic heterocycles. The Bertz CT molecular complexity index is 395. The second kappa shape index (κ2) is 5.04.